The Morgan fingerprint density at radius 3 is 2.36 bits per heavy atom. The molecule has 0 radical (unpaired) electrons. The summed E-state index contributed by atoms with van der Waals surface area (Å²) in [6.45, 7) is 4.30. The molecule has 0 bridgehead atoms. The molecule has 2 rings (SSSR count). The average Bonchev–Trinajstić information content (AvgIpc) is 2.71. The Balaban J connectivity index is 1.90. The van der Waals surface area contributed by atoms with E-state index in [1.54, 1.807) is 48.5 Å². The van der Waals surface area contributed by atoms with E-state index in [4.69, 9.17) is 14.7 Å². The van der Waals surface area contributed by atoms with Crippen LogP contribution in [0.15, 0.2) is 54.6 Å². The van der Waals surface area contributed by atoms with Crippen LogP contribution >= 0.6 is 0 Å². The minimum atomic E-state index is -0.605. The van der Waals surface area contributed by atoms with Crippen LogP contribution in [0.4, 0.5) is 5.69 Å². The second-order valence-electron chi connectivity index (χ2n) is 6.61. The summed E-state index contributed by atoms with van der Waals surface area (Å²) in [6, 6.07) is 17.3. The Labute approximate surface area is 165 Å². The van der Waals surface area contributed by atoms with E-state index in [9.17, 15) is 9.59 Å². The molecule has 0 aliphatic carbocycles. The zero-order valence-electron chi connectivity index (χ0n) is 16.1. The maximum absolute atomic E-state index is 12.4. The van der Waals surface area contributed by atoms with Crippen LogP contribution in [-0.4, -0.2) is 31.6 Å². The number of hydrogen-bond acceptors (Lipinski definition) is 5. The number of rotatable bonds is 9. The van der Waals surface area contributed by atoms with Gasteiger partial charge >= 0.3 is 5.97 Å². The van der Waals surface area contributed by atoms with E-state index in [-0.39, 0.29) is 6.54 Å². The number of benzene rings is 2. The van der Waals surface area contributed by atoms with Crippen molar-refractivity contribution in [2.75, 3.05) is 24.7 Å². The molecule has 0 atom stereocenters. The Bertz CT molecular complexity index is 811. The van der Waals surface area contributed by atoms with Gasteiger partial charge in [0, 0.05) is 5.69 Å². The summed E-state index contributed by atoms with van der Waals surface area (Å²) in [5, 5.41) is 8.96. The molecule has 0 saturated carbocycles. The van der Waals surface area contributed by atoms with Crippen LogP contribution in [0, 0.1) is 17.2 Å². The Morgan fingerprint density at radius 2 is 1.75 bits per heavy atom. The first-order valence-corrected chi connectivity index (χ1v) is 9.13. The quantitative estimate of drug-likeness (QED) is 0.488. The lowest BCUT2D eigenvalue weighted by atomic mass is 10.1. The van der Waals surface area contributed by atoms with Gasteiger partial charge in [0.05, 0.1) is 18.2 Å². The second-order valence-corrected chi connectivity index (χ2v) is 6.61. The fourth-order valence-electron chi connectivity index (χ4n) is 2.39. The van der Waals surface area contributed by atoms with E-state index in [1.807, 2.05) is 12.1 Å². The van der Waals surface area contributed by atoms with Crippen molar-refractivity contribution in [2.24, 2.45) is 5.92 Å². The van der Waals surface area contributed by atoms with Crippen LogP contribution in [0.1, 0.15) is 30.6 Å². The molecule has 0 unspecified atom stereocenters. The van der Waals surface area contributed by atoms with Gasteiger partial charge in [-0.1, -0.05) is 32.0 Å². The number of carbonyl (C=O) groups excluding carboxylic acids is 2. The lowest BCUT2D eigenvalue weighted by Gasteiger charge is -2.19. The van der Waals surface area contributed by atoms with Gasteiger partial charge < -0.3 is 9.47 Å². The van der Waals surface area contributed by atoms with Gasteiger partial charge in [0.1, 0.15) is 12.3 Å². The molecule has 1 amide bonds. The van der Waals surface area contributed by atoms with E-state index in [2.05, 4.69) is 13.8 Å². The molecule has 0 aliphatic rings. The number of carbonyl (C=O) groups is 2. The highest BCUT2D eigenvalue weighted by molar-refractivity contribution is 5.97. The molecular formula is C22H24N2O4. The van der Waals surface area contributed by atoms with Crippen molar-refractivity contribution < 1.29 is 19.1 Å². The van der Waals surface area contributed by atoms with Gasteiger partial charge in [-0.25, -0.2) is 4.79 Å². The molecule has 146 valence electrons. The highest BCUT2D eigenvalue weighted by atomic mass is 16.5. The van der Waals surface area contributed by atoms with E-state index < -0.39 is 18.5 Å². The van der Waals surface area contributed by atoms with Gasteiger partial charge in [0.2, 0.25) is 0 Å². The lowest BCUT2D eigenvalue weighted by molar-refractivity contribution is -0.121. The molecule has 2 aromatic rings. The van der Waals surface area contributed by atoms with Gasteiger partial charge in [-0.05, 0) is 48.7 Å². The molecular weight excluding hydrogens is 356 g/mol. The van der Waals surface area contributed by atoms with Crippen LogP contribution in [0.2, 0.25) is 0 Å². The maximum Gasteiger partial charge on any atom is 0.338 e. The van der Waals surface area contributed by atoms with Crippen LogP contribution in [0.25, 0.3) is 0 Å². The average molecular weight is 380 g/mol. The number of ether oxygens (including phenoxy) is 2. The minimum absolute atomic E-state index is 0.122. The predicted molar refractivity (Wildman–Crippen MR) is 106 cm³/mol. The lowest BCUT2D eigenvalue weighted by Crippen LogP contribution is -2.35. The van der Waals surface area contributed by atoms with Crippen molar-refractivity contribution in [3.8, 4) is 11.8 Å². The van der Waals surface area contributed by atoms with Crippen LogP contribution in [0.3, 0.4) is 0 Å². The normalized spacial score (nSPS) is 10.2. The van der Waals surface area contributed by atoms with Crippen molar-refractivity contribution in [3.05, 3.63) is 60.2 Å². The molecule has 0 saturated heterocycles. The summed E-state index contributed by atoms with van der Waals surface area (Å²) in [7, 11) is 0. The first-order valence-electron chi connectivity index (χ1n) is 9.13. The monoisotopic (exact) mass is 380 g/mol. The fourth-order valence-corrected chi connectivity index (χ4v) is 2.39. The van der Waals surface area contributed by atoms with E-state index in [0.717, 1.165) is 6.42 Å². The zero-order chi connectivity index (χ0) is 20.4. The minimum Gasteiger partial charge on any atom is -0.494 e. The third-order valence-electron chi connectivity index (χ3n) is 3.98. The smallest absolute Gasteiger partial charge is 0.338 e. The number of esters is 1. The summed E-state index contributed by atoms with van der Waals surface area (Å²) in [6.07, 6.45) is 0.951. The van der Waals surface area contributed by atoms with Gasteiger partial charge in [0.25, 0.3) is 5.91 Å². The van der Waals surface area contributed by atoms with Gasteiger partial charge in [-0.15, -0.1) is 0 Å². The number of amides is 1. The molecule has 0 spiro atoms. The summed E-state index contributed by atoms with van der Waals surface area (Å²) < 4.78 is 10.7. The van der Waals surface area contributed by atoms with Crippen molar-refractivity contribution in [2.45, 2.75) is 20.3 Å². The molecule has 0 N–H and O–H groups in total. The maximum atomic E-state index is 12.4. The number of nitrogens with zero attached hydrogens (tertiary/aromatic N) is 2. The van der Waals surface area contributed by atoms with Gasteiger partial charge in [-0.2, -0.15) is 5.26 Å². The van der Waals surface area contributed by atoms with Crippen molar-refractivity contribution in [1.82, 2.24) is 0 Å². The van der Waals surface area contributed by atoms with Crippen molar-refractivity contribution in [1.29, 1.82) is 5.26 Å². The highest BCUT2D eigenvalue weighted by Crippen LogP contribution is 2.15. The van der Waals surface area contributed by atoms with E-state index in [1.165, 1.54) is 4.90 Å². The van der Waals surface area contributed by atoms with Gasteiger partial charge in [-0.3, -0.25) is 9.69 Å². The zero-order valence-corrected chi connectivity index (χ0v) is 16.1. The summed E-state index contributed by atoms with van der Waals surface area (Å²) in [4.78, 5) is 25.8. The predicted octanol–water partition coefficient (Wildman–Crippen LogP) is 3.83. The SMILES string of the molecule is CC(C)CCOc1ccc(C(=O)OCC(=O)N(CC#N)c2ccccc2)cc1. The number of para-hydroxylation sites is 1. The number of hydrogen-bond donors (Lipinski definition) is 0. The Morgan fingerprint density at radius 1 is 1.07 bits per heavy atom. The van der Waals surface area contributed by atoms with Crippen LogP contribution < -0.4 is 9.64 Å². The third kappa shape index (κ3) is 6.44. The first-order chi connectivity index (χ1) is 13.5. The Hall–Kier alpha value is -3.33. The molecule has 0 heterocycles. The largest absolute Gasteiger partial charge is 0.494 e. The molecule has 2 aromatic carbocycles. The third-order valence-corrected chi connectivity index (χ3v) is 3.98. The molecule has 0 aliphatic heterocycles. The second kappa shape index (κ2) is 10.7. The first kappa shape index (κ1) is 21.0. The van der Waals surface area contributed by atoms with Gasteiger partial charge in [0.15, 0.2) is 6.61 Å². The van der Waals surface area contributed by atoms with Crippen LogP contribution in [-0.2, 0) is 9.53 Å². The topological polar surface area (TPSA) is 79.6 Å². The molecule has 0 aromatic heterocycles. The van der Waals surface area contributed by atoms with E-state index >= 15 is 0 Å². The molecule has 6 heteroatoms. The number of anilines is 1. The van der Waals surface area contributed by atoms with Crippen molar-refractivity contribution in [3.63, 3.8) is 0 Å². The molecule has 6 nitrogen and oxygen atoms in total. The highest BCUT2D eigenvalue weighted by Gasteiger charge is 2.18. The number of nitriles is 1. The van der Waals surface area contributed by atoms with Crippen molar-refractivity contribution >= 4 is 17.6 Å². The van der Waals surface area contributed by atoms with E-state index in [0.29, 0.717) is 29.5 Å². The van der Waals surface area contributed by atoms with Crippen LogP contribution in [0.5, 0.6) is 5.75 Å². The fraction of sp³-hybridized carbons (Fsp3) is 0.318. The molecule has 28 heavy (non-hydrogen) atoms. The summed E-state index contributed by atoms with van der Waals surface area (Å²) >= 11 is 0. The standard InChI is InChI=1S/C22H24N2O4/c1-17(2)12-15-27-20-10-8-18(9-11-20)22(26)28-16-21(25)24(14-13-23)19-6-4-3-5-7-19/h3-11,17H,12,14-16H2,1-2H3. The summed E-state index contributed by atoms with van der Waals surface area (Å²) in [5.41, 5.74) is 0.906. The molecule has 0 fully saturated rings. The summed E-state index contributed by atoms with van der Waals surface area (Å²) in [5.74, 6) is 0.169. The Kier molecular flexibility index (Phi) is 8.04.